The molecule has 1 fully saturated rings. The van der Waals surface area contributed by atoms with E-state index in [1.54, 1.807) is 0 Å². The fraction of sp³-hybridized carbons (Fsp3) is 0.364. The van der Waals surface area contributed by atoms with E-state index in [1.807, 2.05) is 60.7 Å². The van der Waals surface area contributed by atoms with E-state index in [0.29, 0.717) is 19.4 Å². The highest BCUT2D eigenvalue weighted by atomic mass is 32.1. The zero-order valence-electron chi connectivity index (χ0n) is 15.7. The predicted octanol–water partition coefficient (Wildman–Crippen LogP) is 2.51. The summed E-state index contributed by atoms with van der Waals surface area (Å²) in [6.45, 7) is 0.839. The Morgan fingerprint density at radius 2 is 1.68 bits per heavy atom. The van der Waals surface area contributed by atoms with E-state index in [4.69, 9.17) is 4.74 Å². The minimum atomic E-state index is -0.492. The molecule has 2 aromatic carbocycles. The number of carbonyl (C=O) groups is 2. The molecule has 1 unspecified atom stereocenters. The number of esters is 1. The number of rotatable bonds is 8. The molecule has 1 aliphatic heterocycles. The third-order valence-electron chi connectivity index (χ3n) is 4.81. The lowest BCUT2D eigenvalue weighted by atomic mass is 10.1. The van der Waals surface area contributed by atoms with Crippen LogP contribution in [0.5, 0.6) is 0 Å². The van der Waals surface area contributed by atoms with Crippen molar-refractivity contribution < 1.29 is 14.3 Å². The van der Waals surface area contributed by atoms with Crippen molar-refractivity contribution in [2.24, 2.45) is 0 Å². The van der Waals surface area contributed by atoms with Gasteiger partial charge >= 0.3 is 5.97 Å². The summed E-state index contributed by atoms with van der Waals surface area (Å²) in [6.07, 6.45) is 1.78. The van der Waals surface area contributed by atoms with Crippen molar-refractivity contribution in [1.82, 2.24) is 10.6 Å². The molecule has 0 bridgehead atoms. The first-order chi connectivity index (χ1) is 13.6. The topological polar surface area (TPSA) is 67.4 Å². The van der Waals surface area contributed by atoms with Gasteiger partial charge < -0.3 is 15.4 Å². The molecule has 0 saturated carbocycles. The van der Waals surface area contributed by atoms with Crippen molar-refractivity contribution in [2.45, 2.75) is 43.2 Å². The molecule has 3 atom stereocenters. The van der Waals surface area contributed by atoms with E-state index in [9.17, 15) is 9.59 Å². The van der Waals surface area contributed by atoms with Gasteiger partial charge in [-0.2, -0.15) is 12.6 Å². The van der Waals surface area contributed by atoms with Crippen LogP contribution in [-0.4, -0.2) is 35.8 Å². The number of thiol groups is 1. The first-order valence-corrected chi connectivity index (χ1v) is 10.1. The largest absolute Gasteiger partial charge is 0.460 e. The van der Waals surface area contributed by atoms with Gasteiger partial charge in [-0.1, -0.05) is 60.7 Å². The number of benzene rings is 2. The average molecular weight is 399 g/mol. The Labute approximate surface area is 171 Å². The molecule has 1 heterocycles. The highest BCUT2D eigenvalue weighted by Gasteiger charge is 2.37. The Kier molecular flexibility index (Phi) is 7.51. The van der Waals surface area contributed by atoms with Gasteiger partial charge in [-0.3, -0.25) is 9.59 Å². The number of hydrogen-bond donors (Lipinski definition) is 3. The Hall–Kier alpha value is -2.31. The predicted molar refractivity (Wildman–Crippen MR) is 112 cm³/mol. The molecule has 0 aliphatic carbocycles. The highest BCUT2D eigenvalue weighted by Crippen LogP contribution is 2.22. The third kappa shape index (κ3) is 6.11. The molecule has 5 nitrogen and oxygen atoms in total. The maximum Gasteiger partial charge on any atom is 0.324 e. The fourth-order valence-corrected chi connectivity index (χ4v) is 3.80. The van der Waals surface area contributed by atoms with Crippen molar-refractivity contribution in [1.29, 1.82) is 0 Å². The summed E-state index contributed by atoms with van der Waals surface area (Å²) in [7, 11) is 0. The van der Waals surface area contributed by atoms with Gasteiger partial charge in [0.2, 0.25) is 5.91 Å². The molecule has 1 aliphatic rings. The standard InChI is InChI=1S/C22H26N2O3S/c25-20(23-12-11-16-7-3-1-4-8-16)14-18-13-19(28)21(24-18)22(26)27-15-17-9-5-2-6-10-17/h1-10,18-19,21,24,28H,11-15H2,(H,23,25)/t18-,19+,21?/m1/s1. The second kappa shape index (κ2) is 10.3. The van der Waals surface area contributed by atoms with Crippen LogP contribution in [0.3, 0.4) is 0 Å². The molecule has 2 aromatic rings. The van der Waals surface area contributed by atoms with Crippen molar-refractivity contribution >= 4 is 24.5 Å². The van der Waals surface area contributed by atoms with Crippen LogP contribution < -0.4 is 10.6 Å². The number of nitrogens with one attached hydrogen (secondary N) is 2. The van der Waals surface area contributed by atoms with Gasteiger partial charge in [0.25, 0.3) is 0 Å². The molecule has 0 aromatic heterocycles. The SMILES string of the molecule is O=C(C[C@H]1C[C@H](S)C(C(=O)OCc2ccccc2)N1)NCCc1ccccc1. The summed E-state index contributed by atoms with van der Waals surface area (Å²) in [5, 5.41) is 5.99. The molecule has 1 saturated heterocycles. The van der Waals surface area contributed by atoms with Crippen LogP contribution in [0, 0.1) is 0 Å². The molecule has 3 rings (SSSR count). The van der Waals surface area contributed by atoms with E-state index in [1.165, 1.54) is 5.56 Å². The van der Waals surface area contributed by atoms with Gasteiger partial charge in [0.1, 0.15) is 12.6 Å². The normalized spacial score (nSPS) is 21.2. The van der Waals surface area contributed by atoms with E-state index >= 15 is 0 Å². The Balaban J connectivity index is 1.39. The molecule has 6 heteroatoms. The van der Waals surface area contributed by atoms with Crippen LogP contribution >= 0.6 is 12.6 Å². The van der Waals surface area contributed by atoms with Crippen molar-refractivity contribution in [3.8, 4) is 0 Å². The van der Waals surface area contributed by atoms with E-state index in [2.05, 4.69) is 23.3 Å². The maximum absolute atomic E-state index is 12.4. The zero-order valence-corrected chi connectivity index (χ0v) is 16.6. The first-order valence-electron chi connectivity index (χ1n) is 9.57. The molecule has 0 spiro atoms. The van der Waals surface area contributed by atoms with Gasteiger partial charge in [-0.05, 0) is 24.0 Å². The van der Waals surface area contributed by atoms with Crippen LogP contribution in [0.1, 0.15) is 24.0 Å². The average Bonchev–Trinajstić information content (AvgIpc) is 3.07. The van der Waals surface area contributed by atoms with Crippen LogP contribution in [-0.2, 0) is 27.4 Å². The van der Waals surface area contributed by atoms with Crippen LogP contribution in [0.4, 0.5) is 0 Å². The fourth-order valence-electron chi connectivity index (χ4n) is 3.33. The van der Waals surface area contributed by atoms with Gasteiger partial charge in [0, 0.05) is 24.3 Å². The minimum Gasteiger partial charge on any atom is -0.460 e. The molecular formula is C22H26N2O3S. The smallest absolute Gasteiger partial charge is 0.324 e. The number of hydrogen-bond acceptors (Lipinski definition) is 5. The number of ether oxygens (including phenoxy) is 1. The van der Waals surface area contributed by atoms with E-state index in [-0.39, 0.29) is 29.8 Å². The Bertz CT molecular complexity index is 770. The maximum atomic E-state index is 12.4. The van der Waals surface area contributed by atoms with Gasteiger partial charge in [0.15, 0.2) is 0 Å². The Morgan fingerprint density at radius 3 is 2.36 bits per heavy atom. The third-order valence-corrected chi connectivity index (χ3v) is 5.32. The number of amides is 1. The highest BCUT2D eigenvalue weighted by molar-refractivity contribution is 7.81. The van der Waals surface area contributed by atoms with E-state index in [0.717, 1.165) is 12.0 Å². The summed E-state index contributed by atoms with van der Waals surface area (Å²) in [4.78, 5) is 24.5. The van der Waals surface area contributed by atoms with Crippen LogP contribution in [0.15, 0.2) is 60.7 Å². The zero-order chi connectivity index (χ0) is 19.8. The first kappa shape index (κ1) is 20.4. The van der Waals surface area contributed by atoms with Gasteiger partial charge in [-0.25, -0.2) is 0 Å². The minimum absolute atomic E-state index is 0.0210. The monoisotopic (exact) mass is 398 g/mol. The molecule has 148 valence electrons. The summed E-state index contributed by atoms with van der Waals surface area (Å²) in [5.41, 5.74) is 2.14. The summed E-state index contributed by atoms with van der Waals surface area (Å²) >= 11 is 4.51. The van der Waals surface area contributed by atoms with E-state index < -0.39 is 6.04 Å². The quantitative estimate of drug-likeness (QED) is 0.472. The second-order valence-corrected chi connectivity index (χ2v) is 7.69. The lowest BCUT2D eigenvalue weighted by molar-refractivity contribution is -0.147. The molecule has 1 amide bonds. The Morgan fingerprint density at radius 1 is 1.04 bits per heavy atom. The molecule has 2 N–H and O–H groups in total. The molecular weight excluding hydrogens is 372 g/mol. The molecule has 28 heavy (non-hydrogen) atoms. The summed E-state index contributed by atoms with van der Waals surface area (Å²) in [5.74, 6) is -0.344. The lowest BCUT2D eigenvalue weighted by Gasteiger charge is -2.15. The van der Waals surface area contributed by atoms with Gasteiger partial charge in [0.05, 0.1) is 0 Å². The van der Waals surface area contributed by atoms with Crippen LogP contribution in [0.25, 0.3) is 0 Å². The lowest BCUT2D eigenvalue weighted by Crippen LogP contribution is -2.41. The number of carbonyl (C=O) groups excluding carboxylic acids is 2. The van der Waals surface area contributed by atoms with Crippen LogP contribution in [0.2, 0.25) is 0 Å². The summed E-state index contributed by atoms with van der Waals surface area (Å²) in [6, 6.07) is 19.0. The second-order valence-electron chi connectivity index (χ2n) is 7.03. The molecule has 0 radical (unpaired) electrons. The van der Waals surface area contributed by atoms with Crippen molar-refractivity contribution in [3.63, 3.8) is 0 Å². The van der Waals surface area contributed by atoms with Crippen molar-refractivity contribution in [3.05, 3.63) is 71.8 Å². The van der Waals surface area contributed by atoms with Crippen molar-refractivity contribution in [2.75, 3.05) is 6.54 Å². The summed E-state index contributed by atoms with van der Waals surface area (Å²) < 4.78 is 5.40. The van der Waals surface area contributed by atoms with Gasteiger partial charge in [-0.15, -0.1) is 0 Å².